The Labute approximate surface area is 96.5 Å². The molecule has 1 unspecified atom stereocenters. The van der Waals surface area contributed by atoms with Crippen LogP contribution in [0, 0.1) is 0 Å². The van der Waals surface area contributed by atoms with Crippen molar-refractivity contribution in [2.24, 2.45) is 0 Å². The van der Waals surface area contributed by atoms with Gasteiger partial charge in [-0.05, 0) is 25.7 Å². The van der Waals surface area contributed by atoms with Gasteiger partial charge < -0.3 is 9.47 Å². The van der Waals surface area contributed by atoms with Crippen molar-refractivity contribution in [3.63, 3.8) is 0 Å². The van der Waals surface area contributed by atoms with Gasteiger partial charge in [0.2, 0.25) is 0 Å². The Hall–Kier alpha value is 0.400. The smallest absolute Gasteiger partial charge is 0.0487 e. The Morgan fingerprint density at radius 3 is 2.43 bits per heavy atom. The molecular formula is C11H23BrO2. The van der Waals surface area contributed by atoms with E-state index in [2.05, 4.69) is 22.9 Å². The highest BCUT2D eigenvalue weighted by atomic mass is 79.9. The fourth-order valence-electron chi connectivity index (χ4n) is 1.27. The quantitative estimate of drug-likeness (QED) is 0.446. The molecular weight excluding hydrogens is 244 g/mol. The molecule has 0 aromatic carbocycles. The lowest BCUT2D eigenvalue weighted by Gasteiger charge is -2.08. The first-order chi connectivity index (χ1) is 6.81. The summed E-state index contributed by atoms with van der Waals surface area (Å²) in [5, 5.41) is 0. The highest BCUT2D eigenvalue weighted by Gasteiger charge is 2.01. The van der Waals surface area contributed by atoms with Crippen molar-refractivity contribution in [1.29, 1.82) is 0 Å². The average Bonchev–Trinajstić information content (AvgIpc) is 2.17. The van der Waals surface area contributed by atoms with Crippen LogP contribution in [0.15, 0.2) is 0 Å². The number of methoxy groups -OCH3 is 1. The molecule has 0 fully saturated rings. The number of ether oxygens (including phenoxy) is 2. The number of rotatable bonds is 10. The molecule has 0 saturated heterocycles. The topological polar surface area (TPSA) is 18.5 Å². The van der Waals surface area contributed by atoms with Crippen LogP contribution in [0.3, 0.4) is 0 Å². The second-order valence-corrected chi connectivity index (χ2v) is 4.78. The SMILES string of the molecule is CCCC(Br)CCCOCCCOC. The van der Waals surface area contributed by atoms with Gasteiger partial charge >= 0.3 is 0 Å². The molecule has 86 valence electrons. The molecule has 0 bridgehead atoms. The van der Waals surface area contributed by atoms with E-state index in [1.165, 1.54) is 19.3 Å². The summed E-state index contributed by atoms with van der Waals surface area (Å²) >= 11 is 3.66. The fourth-order valence-corrected chi connectivity index (χ4v) is 2.05. The van der Waals surface area contributed by atoms with Crippen LogP contribution in [0.25, 0.3) is 0 Å². The third-order valence-electron chi connectivity index (χ3n) is 2.05. The van der Waals surface area contributed by atoms with Gasteiger partial charge in [0.1, 0.15) is 0 Å². The van der Waals surface area contributed by atoms with Crippen LogP contribution < -0.4 is 0 Å². The van der Waals surface area contributed by atoms with E-state index >= 15 is 0 Å². The van der Waals surface area contributed by atoms with E-state index in [1.54, 1.807) is 7.11 Å². The van der Waals surface area contributed by atoms with E-state index in [0.717, 1.165) is 32.7 Å². The van der Waals surface area contributed by atoms with E-state index in [1.807, 2.05) is 0 Å². The molecule has 3 heteroatoms. The average molecular weight is 267 g/mol. The maximum atomic E-state index is 5.46. The highest BCUT2D eigenvalue weighted by molar-refractivity contribution is 9.09. The third kappa shape index (κ3) is 10.5. The van der Waals surface area contributed by atoms with Crippen LogP contribution in [0.2, 0.25) is 0 Å². The van der Waals surface area contributed by atoms with Crippen molar-refractivity contribution in [3.8, 4) is 0 Å². The molecule has 2 nitrogen and oxygen atoms in total. The van der Waals surface area contributed by atoms with Crippen molar-refractivity contribution >= 4 is 15.9 Å². The Morgan fingerprint density at radius 2 is 1.79 bits per heavy atom. The lowest BCUT2D eigenvalue weighted by molar-refractivity contribution is 0.100. The maximum Gasteiger partial charge on any atom is 0.0487 e. The predicted octanol–water partition coefficient (Wildman–Crippen LogP) is 3.38. The molecule has 1 atom stereocenters. The van der Waals surface area contributed by atoms with Gasteiger partial charge in [0, 0.05) is 31.8 Å². The molecule has 0 saturated carbocycles. The van der Waals surface area contributed by atoms with E-state index in [-0.39, 0.29) is 0 Å². The van der Waals surface area contributed by atoms with Crippen LogP contribution in [-0.4, -0.2) is 31.8 Å². The van der Waals surface area contributed by atoms with Gasteiger partial charge in [-0.15, -0.1) is 0 Å². The van der Waals surface area contributed by atoms with Gasteiger partial charge in [-0.1, -0.05) is 29.3 Å². The van der Waals surface area contributed by atoms with Crippen LogP contribution in [-0.2, 0) is 9.47 Å². The molecule has 0 heterocycles. The van der Waals surface area contributed by atoms with Crippen LogP contribution in [0.1, 0.15) is 39.0 Å². The minimum Gasteiger partial charge on any atom is -0.385 e. The summed E-state index contributed by atoms with van der Waals surface area (Å²) in [5.74, 6) is 0. The zero-order valence-corrected chi connectivity index (χ0v) is 11.0. The van der Waals surface area contributed by atoms with Crippen molar-refractivity contribution in [1.82, 2.24) is 0 Å². The fraction of sp³-hybridized carbons (Fsp3) is 1.00. The molecule has 0 aromatic heterocycles. The van der Waals surface area contributed by atoms with E-state index in [0.29, 0.717) is 4.83 Å². The molecule has 0 radical (unpaired) electrons. The maximum absolute atomic E-state index is 5.46. The first-order valence-electron chi connectivity index (χ1n) is 5.52. The summed E-state index contributed by atoms with van der Waals surface area (Å²) in [7, 11) is 1.72. The molecule has 0 spiro atoms. The Morgan fingerprint density at radius 1 is 1.07 bits per heavy atom. The van der Waals surface area contributed by atoms with Gasteiger partial charge in [0.05, 0.1) is 0 Å². The van der Waals surface area contributed by atoms with Gasteiger partial charge in [-0.25, -0.2) is 0 Å². The summed E-state index contributed by atoms with van der Waals surface area (Å²) in [6.07, 6.45) is 5.90. The van der Waals surface area contributed by atoms with E-state index in [4.69, 9.17) is 9.47 Å². The number of hydrogen-bond acceptors (Lipinski definition) is 2. The molecule has 0 aliphatic rings. The highest BCUT2D eigenvalue weighted by Crippen LogP contribution is 2.13. The lowest BCUT2D eigenvalue weighted by Crippen LogP contribution is -2.03. The second kappa shape index (κ2) is 11.5. The second-order valence-electron chi connectivity index (χ2n) is 3.49. The normalized spacial score (nSPS) is 13.1. The van der Waals surface area contributed by atoms with Crippen molar-refractivity contribution in [3.05, 3.63) is 0 Å². The Balaban J connectivity index is 2.98. The summed E-state index contributed by atoms with van der Waals surface area (Å²) < 4.78 is 10.4. The first kappa shape index (κ1) is 14.4. The predicted molar refractivity (Wildman–Crippen MR) is 64.2 cm³/mol. The summed E-state index contributed by atoms with van der Waals surface area (Å²) in [6.45, 7) is 4.73. The summed E-state index contributed by atoms with van der Waals surface area (Å²) in [4.78, 5) is 0.676. The Bertz CT molecular complexity index is 109. The minimum atomic E-state index is 0.676. The van der Waals surface area contributed by atoms with Crippen molar-refractivity contribution in [2.75, 3.05) is 26.9 Å². The van der Waals surface area contributed by atoms with Crippen LogP contribution >= 0.6 is 15.9 Å². The van der Waals surface area contributed by atoms with E-state index in [9.17, 15) is 0 Å². The molecule has 0 rings (SSSR count). The molecule has 0 aliphatic carbocycles. The zero-order chi connectivity index (χ0) is 10.6. The largest absolute Gasteiger partial charge is 0.385 e. The molecule has 0 amide bonds. The van der Waals surface area contributed by atoms with Gasteiger partial charge in [0.15, 0.2) is 0 Å². The van der Waals surface area contributed by atoms with Crippen molar-refractivity contribution < 1.29 is 9.47 Å². The van der Waals surface area contributed by atoms with E-state index < -0.39 is 0 Å². The molecule has 0 aromatic rings. The molecule has 0 aliphatic heterocycles. The number of hydrogen-bond donors (Lipinski definition) is 0. The standard InChI is InChI=1S/C11H23BrO2/c1-3-6-11(12)7-4-9-14-10-5-8-13-2/h11H,3-10H2,1-2H3. The lowest BCUT2D eigenvalue weighted by atomic mass is 10.2. The first-order valence-corrected chi connectivity index (χ1v) is 6.43. The molecule has 0 N–H and O–H groups in total. The Kier molecular flexibility index (Phi) is 11.8. The van der Waals surface area contributed by atoms with Crippen LogP contribution in [0.5, 0.6) is 0 Å². The zero-order valence-electron chi connectivity index (χ0n) is 9.43. The number of alkyl halides is 1. The van der Waals surface area contributed by atoms with Crippen molar-refractivity contribution in [2.45, 2.75) is 43.9 Å². The summed E-state index contributed by atoms with van der Waals surface area (Å²) in [6, 6.07) is 0. The van der Waals surface area contributed by atoms with Gasteiger partial charge in [-0.3, -0.25) is 0 Å². The molecule has 14 heavy (non-hydrogen) atoms. The monoisotopic (exact) mass is 266 g/mol. The minimum absolute atomic E-state index is 0.676. The van der Waals surface area contributed by atoms with Gasteiger partial charge in [-0.2, -0.15) is 0 Å². The van der Waals surface area contributed by atoms with Crippen LogP contribution in [0.4, 0.5) is 0 Å². The summed E-state index contributed by atoms with van der Waals surface area (Å²) in [5.41, 5.74) is 0. The number of halogens is 1. The third-order valence-corrected chi connectivity index (χ3v) is 2.96. The van der Waals surface area contributed by atoms with Gasteiger partial charge in [0.25, 0.3) is 0 Å².